The van der Waals surface area contributed by atoms with Gasteiger partial charge in [-0.2, -0.15) is 4.31 Å². The molecule has 1 heterocycles. The lowest BCUT2D eigenvalue weighted by Gasteiger charge is -2.29. The Bertz CT molecular complexity index is 1080. The maximum atomic E-state index is 12.8. The molecule has 0 saturated carbocycles. The molecule has 9 heteroatoms. The number of benzene rings is 2. The molecule has 32 heavy (non-hydrogen) atoms. The van der Waals surface area contributed by atoms with Crippen LogP contribution in [0.5, 0.6) is 0 Å². The van der Waals surface area contributed by atoms with Crippen molar-refractivity contribution in [2.45, 2.75) is 17.7 Å². The highest BCUT2D eigenvalue weighted by Crippen LogP contribution is 2.30. The summed E-state index contributed by atoms with van der Waals surface area (Å²) >= 11 is 1.05. The summed E-state index contributed by atoms with van der Waals surface area (Å²) in [5.41, 5.74) is 1.40. The molecule has 0 unspecified atom stereocenters. The van der Waals surface area contributed by atoms with Gasteiger partial charge < -0.3 is 10.2 Å². The molecule has 0 aromatic heterocycles. The van der Waals surface area contributed by atoms with Crippen LogP contribution in [0, 0.1) is 5.92 Å². The minimum Gasteiger partial charge on any atom is -0.339 e. The number of carbonyl (C=O) groups is 2. The molecule has 0 atom stereocenters. The van der Waals surface area contributed by atoms with E-state index >= 15 is 0 Å². The van der Waals surface area contributed by atoms with E-state index in [1.54, 1.807) is 38.4 Å². The predicted octanol–water partition coefficient (Wildman–Crippen LogP) is 4.11. The number of carbonyl (C=O) groups excluding carboxylic acids is 2. The van der Waals surface area contributed by atoms with Crippen molar-refractivity contribution >= 4 is 44.7 Å². The first-order chi connectivity index (χ1) is 15.3. The molecule has 170 valence electrons. The summed E-state index contributed by atoms with van der Waals surface area (Å²) in [7, 11) is -0.194. The molecule has 2 aromatic carbocycles. The molecule has 0 bridgehead atoms. The fraction of sp³-hybridized carbons (Fsp3) is 0.304. The van der Waals surface area contributed by atoms with E-state index in [0.29, 0.717) is 23.4 Å². The molecule has 2 amide bonds. The first kappa shape index (κ1) is 24.0. The van der Waals surface area contributed by atoms with Crippen molar-refractivity contribution < 1.29 is 18.0 Å². The van der Waals surface area contributed by atoms with Crippen molar-refractivity contribution in [3.63, 3.8) is 0 Å². The van der Waals surface area contributed by atoms with E-state index in [2.05, 4.69) is 5.32 Å². The highest BCUT2D eigenvalue weighted by Gasteiger charge is 2.30. The van der Waals surface area contributed by atoms with Crippen LogP contribution in [0.1, 0.15) is 18.4 Å². The molecular formula is C23H27N3O4S2. The van der Waals surface area contributed by atoms with Gasteiger partial charge in [-0.1, -0.05) is 42.5 Å². The number of para-hydroxylation sites is 1. The lowest BCUT2D eigenvalue weighted by atomic mass is 9.97. The summed E-state index contributed by atoms with van der Waals surface area (Å²) in [5, 5.41) is 4.00. The highest BCUT2D eigenvalue weighted by atomic mass is 32.2. The van der Waals surface area contributed by atoms with Crippen molar-refractivity contribution in [3.05, 3.63) is 65.6 Å². The molecule has 1 aliphatic heterocycles. The zero-order chi connectivity index (χ0) is 23.1. The minimum atomic E-state index is -3.54. The SMILES string of the molecule is CN(C)C(=O)Sc1ccccc1NC(=O)C1CCN(S(=O)(=O)/C=C/c2ccccc2)CC1. The maximum absolute atomic E-state index is 12.8. The van der Waals surface area contributed by atoms with Crippen LogP contribution in [-0.4, -0.2) is 56.0 Å². The summed E-state index contributed by atoms with van der Waals surface area (Å²) in [6.07, 6.45) is 2.46. The quantitative estimate of drug-likeness (QED) is 0.638. The Balaban J connectivity index is 1.58. The Morgan fingerprint density at radius 3 is 2.31 bits per heavy atom. The van der Waals surface area contributed by atoms with E-state index in [-0.39, 0.29) is 30.2 Å². The zero-order valence-electron chi connectivity index (χ0n) is 18.1. The normalized spacial score (nSPS) is 15.6. The van der Waals surface area contributed by atoms with Gasteiger partial charge in [0.25, 0.3) is 5.24 Å². The van der Waals surface area contributed by atoms with Gasteiger partial charge in [-0.15, -0.1) is 0 Å². The van der Waals surface area contributed by atoms with Crippen LogP contribution in [0.2, 0.25) is 0 Å². The number of hydrogen-bond acceptors (Lipinski definition) is 5. The van der Waals surface area contributed by atoms with Gasteiger partial charge in [0.2, 0.25) is 15.9 Å². The third-order valence-electron chi connectivity index (χ3n) is 5.12. The molecule has 3 rings (SSSR count). The Morgan fingerprint density at radius 1 is 1.03 bits per heavy atom. The summed E-state index contributed by atoms with van der Waals surface area (Å²) < 4.78 is 26.7. The number of thioether (sulfide) groups is 1. The summed E-state index contributed by atoms with van der Waals surface area (Å²) in [5.74, 6) is -0.450. The third kappa shape index (κ3) is 6.44. The van der Waals surface area contributed by atoms with Crippen molar-refractivity contribution in [2.75, 3.05) is 32.5 Å². The molecule has 1 fully saturated rings. The van der Waals surface area contributed by atoms with Gasteiger partial charge >= 0.3 is 0 Å². The number of sulfonamides is 1. The standard InChI is InChI=1S/C23H27N3O4S2/c1-25(2)23(28)31-21-11-7-6-10-20(21)24-22(27)19-12-15-26(16-13-19)32(29,30)17-14-18-8-4-3-5-9-18/h3-11,14,17,19H,12-13,15-16H2,1-2H3,(H,24,27)/b17-14+. The van der Waals surface area contributed by atoms with Crippen LogP contribution >= 0.6 is 11.8 Å². The predicted molar refractivity (Wildman–Crippen MR) is 129 cm³/mol. The maximum Gasteiger partial charge on any atom is 0.286 e. The topological polar surface area (TPSA) is 86.8 Å². The Morgan fingerprint density at radius 2 is 1.66 bits per heavy atom. The van der Waals surface area contributed by atoms with E-state index in [1.165, 1.54) is 14.6 Å². The molecule has 0 radical (unpaired) electrons. The minimum absolute atomic E-state index is 0.131. The zero-order valence-corrected chi connectivity index (χ0v) is 19.7. The number of hydrogen-bond donors (Lipinski definition) is 1. The van der Waals surface area contributed by atoms with Crippen molar-refractivity contribution in [1.29, 1.82) is 0 Å². The van der Waals surface area contributed by atoms with E-state index in [9.17, 15) is 18.0 Å². The van der Waals surface area contributed by atoms with Crippen molar-refractivity contribution in [2.24, 2.45) is 5.92 Å². The van der Waals surface area contributed by atoms with Gasteiger partial charge in [-0.25, -0.2) is 8.42 Å². The number of rotatable bonds is 6. The lowest BCUT2D eigenvalue weighted by molar-refractivity contribution is -0.120. The smallest absolute Gasteiger partial charge is 0.286 e. The van der Waals surface area contributed by atoms with Crippen LogP contribution < -0.4 is 5.32 Å². The van der Waals surface area contributed by atoms with Crippen LogP contribution in [0.3, 0.4) is 0 Å². The fourth-order valence-electron chi connectivity index (χ4n) is 3.27. The second-order valence-corrected chi connectivity index (χ2v) is 10.5. The van der Waals surface area contributed by atoms with Gasteiger partial charge in [0.05, 0.1) is 5.69 Å². The lowest BCUT2D eigenvalue weighted by Crippen LogP contribution is -2.40. The first-order valence-electron chi connectivity index (χ1n) is 10.3. The Kier molecular flexibility index (Phi) is 8.11. The average Bonchev–Trinajstić information content (AvgIpc) is 2.79. The second kappa shape index (κ2) is 10.8. The molecule has 1 saturated heterocycles. The number of piperidine rings is 1. The van der Waals surface area contributed by atoms with Crippen molar-refractivity contribution in [3.8, 4) is 0 Å². The molecule has 1 aliphatic rings. The van der Waals surface area contributed by atoms with Crippen LogP contribution in [0.25, 0.3) is 6.08 Å². The third-order valence-corrected chi connectivity index (χ3v) is 7.80. The van der Waals surface area contributed by atoms with Crippen LogP contribution in [0.4, 0.5) is 10.5 Å². The Labute approximate surface area is 193 Å². The van der Waals surface area contributed by atoms with E-state index in [1.807, 2.05) is 36.4 Å². The number of nitrogens with zero attached hydrogens (tertiary/aromatic N) is 2. The molecule has 1 N–H and O–H groups in total. The molecular weight excluding hydrogens is 446 g/mol. The van der Waals surface area contributed by atoms with Crippen LogP contribution in [-0.2, 0) is 14.8 Å². The van der Waals surface area contributed by atoms with Gasteiger partial charge in [-0.3, -0.25) is 9.59 Å². The number of nitrogens with one attached hydrogen (secondary N) is 1. The molecule has 0 spiro atoms. The van der Waals surface area contributed by atoms with Gasteiger partial charge in [0.15, 0.2) is 0 Å². The van der Waals surface area contributed by atoms with Gasteiger partial charge in [0, 0.05) is 43.4 Å². The van der Waals surface area contributed by atoms with E-state index in [0.717, 1.165) is 17.3 Å². The van der Waals surface area contributed by atoms with E-state index < -0.39 is 10.0 Å². The van der Waals surface area contributed by atoms with Crippen molar-refractivity contribution in [1.82, 2.24) is 9.21 Å². The second-order valence-electron chi connectivity index (χ2n) is 7.68. The summed E-state index contributed by atoms with van der Waals surface area (Å²) in [6, 6.07) is 16.4. The summed E-state index contributed by atoms with van der Waals surface area (Å²) in [6.45, 7) is 0.574. The molecule has 7 nitrogen and oxygen atoms in total. The summed E-state index contributed by atoms with van der Waals surface area (Å²) in [4.78, 5) is 27.0. The Hall–Kier alpha value is -2.62. The monoisotopic (exact) mass is 473 g/mol. The fourth-order valence-corrected chi connectivity index (χ4v) is 5.23. The highest BCUT2D eigenvalue weighted by molar-refractivity contribution is 8.13. The van der Waals surface area contributed by atoms with Crippen LogP contribution in [0.15, 0.2) is 64.9 Å². The molecule has 0 aliphatic carbocycles. The number of amides is 2. The number of anilines is 1. The largest absolute Gasteiger partial charge is 0.339 e. The van der Waals surface area contributed by atoms with Gasteiger partial charge in [0.1, 0.15) is 0 Å². The molecule has 2 aromatic rings. The van der Waals surface area contributed by atoms with E-state index in [4.69, 9.17) is 0 Å². The average molecular weight is 474 g/mol. The first-order valence-corrected chi connectivity index (χ1v) is 12.6. The van der Waals surface area contributed by atoms with Gasteiger partial charge in [-0.05, 0) is 48.4 Å².